The maximum atomic E-state index is 12.8. The highest BCUT2D eigenvalue weighted by Crippen LogP contribution is 2.33. The molecule has 0 bridgehead atoms. The largest absolute Gasteiger partial charge is 0.489 e. The van der Waals surface area contributed by atoms with Gasteiger partial charge in [0, 0.05) is 20.6 Å². The molecule has 1 heterocycles. The van der Waals surface area contributed by atoms with Gasteiger partial charge >= 0.3 is 5.97 Å². The Kier molecular flexibility index (Phi) is 7.63. The van der Waals surface area contributed by atoms with Crippen molar-refractivity contribution >= 4 is 63.8 Å². The molecule has 0 aliphatic carbocycles. The molecule has 0 spiro atoms. The van der Waals surface area contributed by atoms with Gasteiger partial charge in [0.15, 0.2) is 5.11 Å². The van der Waals surface area contributed by atoms with Crippen molar-refractivity contribution in [2.75, 3.05) is 7.11 Å². The zero-order valence-electron chi connectivity index (χ0n) is 17.9. The molecular formula is C25H19Cl3N2O3S. The highest BCUT2D eigenvalue weighted by atomic mass is 35.5. The Balaban J connectivity index is 1.62. The SMILES string of the molecule is COC(=O)C1=C(c2ccc(Cl)cc2)NC(=S)N[C@H]1c1ccc(OCc2ccc(Cl)cc2Cl)cc1. The molecule has 5 nitrogen and oxygen atoms in total. The monoisotopic (exact) mass is 532 g/mol. The fraction of sp³-hybridized carbons (Fsp3) is 0.120. The van der Waals surface area contributed by atoms with Gasteiger partial charge in [-0.1, -0.05) is 65.1 Å². The van der Waals surface area contributed by atoms with E-state index in [9.17, 15) is 4.79 Å². The van der Waals surface area contributed by atoms with Crippen LogP contribution in [0.2, 0.25) is 15.1 Å². The Morgan fingerprint density at radius 1 is 0.971 bits per heavy atom. The number of rotatable bonds is 6. The third-order valence-electron chi connectivity index (χ3n) is 5.23. The van der Waals surface area contributed by atoms with Gasteiger partial charge in [-0.15, -0.1) is 0 Å². The summed E-state index contributed by atoms with van der Waals surface area (Å²) in [5, 5.41) is 8.34. The van der Waals surface area contributed by atoms with Crippen molar-refractivity contribution in [1.82, 2.24) is 10.6 Å². The Hall–Kier alpha value is -2.77. The van der Waals surface area contributed by atoms with E-state index in [0.29, 0.717) is 43.8 Å². The Labute approximate surface area is 217 Å². The van der Waals surface area contributed by atoms with Crippen molar-refractivity contribution in [3.63, 3.8) is 0 Å². The summed E-state index contributed by atoms with van der Waals surface area (Å²) < 4.78 is 11.0. The number of carbonyl (C=O) groups excluding carboxylic acids is 1. The standard InChI is InChI=1S/C25H19Cl3N2O3S/c1-32-24(31)21-22(14-2-7-17(26)8-3-14)29-25(34)30-23(21)15-5-10-19(11-6-15)33-13-16-4-9-18(27)12-20(16)28/h2-12,23H,13H2,1H3,(H2,29,30,34)/t23-/m0/s1. The summed E-state index contributed by atoms with van der Waals surface area (Å²) in [7, 11) is 1.34. The molecule has 3 aromatic rings. The average Bonchev–Trinajstić information content (AvgIpc) is 2.83. The summed E-state index contributed by atoms with van der Waals surface area (Å²) >= 11 is 23.6. The van der Waals surface area contributed by atoms with Crippen LogP contribution in [0, 0.1) is 0 Å². The molecule has 9 heteroatoms. The highest BCUT2D eigenvalue weighted by molar-refractivity contribution is 7.80. The van der Waals surface area contributed by atoms with E-state index < -0.39 is 12.0 Å². The summed E-state index contributed by atoms with van der Waals surface area (Å²) in [5.74, 6) is 0.169. The first kappa shape index (κ1) is 24.4. The Bertz CT molecular complexity index is 1260. The van der Waals surface area contributed by atoms with Gasteiger partial charge in [0.05, 0.1) is 24.4 Å². The summed E-state index contributed by atoms with van der Waals surface area (Å²) in [5.41, 5.74) is 3.37. The minimum Gasteiger partial charge on any atom is -0.489 e. The van der Waals surface area contributed by atoms with Gasteiger partial charge in [-0.25, -0.2) is 4.79 Å². The first-order valence-corrected chi connectivity index (χ1v) is 11.7. The molecule has 1 aliphatic rings. The van der Waals surface area contributed by atoms with Crippen LogP contribution in [-0.2, 0) is 16.1 Å². The number of carbonyl (C=O) groups is 1. The lowest BCUT2D eigenvalue weighted by Crippen LogP contribution is -2.45. The van der Waals surface area contributed by atoms with Gasteiger partial charge in [-0.05, 0) is 59.7 Å². The van der Waals surface area contributed by atoms with Crippen LogP contribution in [0.4, 0.5) is 0 Å². The van der Waals surface area contributed by atoms with Crippen LogP contribution in [-0.4, -0.2) is 18.2 Å². The quantitative estimate of drug-likeness (QED) is 0.285. The first-order valence-electron chi connectivity index (χ1n) is 10.2. The van der Waals surface area contributed by atoms with Crippen molar-refractivity contribution in [3.05, 3.63) is 104 Å². The number of ether oxygens (including phenoxy) is 2. The van der Waals surface area contributed by atoms with Crippen molar-refractivity contribution in [2.45, 2.75) is 12.6 Å². The van der Waals surface area contributed by atoms with Crippen molar-refractivity contribution in [3.8, 4) is 5.75 Å². The molecule has 0 radical (unpaired) electrons. The van der Waals surface area contributed by atoms with Crippen LogP contribution >= 0.6 is 47.0 Å². The Morgan fingerprint density at radius 3 is 2.29 bits per heavy atom. The second kappa shape index (κ2) is 10.7. The number of hydrogen-bond acceptors (Lipinski definition) is 4. The predicted octanol–water partition coefficient (Wildman–Crippen LogP) is 6.33. The predicted molar refractivity (Wildman–Crippen MR) is 139 cm³/mol. The van der Waals surface area contributed by atoms with E-state index in [1.54, 1.807) is 24.3 Å². The van der Waals surface area contributed by atoms with Crippen LogP contribution < -0.4 is 15.4 Å². The smallest absolute Gasteiger partial charge is 0.338 e. The summed E-state index contributed by atoms with van der Waals surface area (Å²) in [6.07, 6.45) is 0. The molecule has 0 saturated carbocycles. The minimum atomic E-state index is -0.522. The van der Waals surface area contributed by atoms with Crippen molar-refractivity contribution in [1.29, 1.82) is 0 Å². The van der Waals surface area contributed by atoms with Gasteiger partial charge in [0.1, 0.15) is 12.4 Å². The van der Waals surface area contributed by atoms with Crippen LogP contribution in [0.15, 0.2) is 72.3 Å². The van der Waals surface area contributed by atoms with Crippen LogP contribution in [0.1, 0.15) is 22.7 Å². The van der Waals surface area contributed by atoms with E-state index in [0.717, 1.165) is 16.7 Å². The second-order valence-corrected chi connectivity index (χ2v) is 9.10. The molecule has 0 amide bonds. The lowest BCUT2D eigenvalue weighted by atomic mass is 9.93. The Morgan fingerprint density at radius 2 is 1.65 bits per heavy atom. The summed E-state index contributed by atoms with van der Waals surface area (Å²) in [6, 6.07) is 19.3. The molecule has 0 fully saturated rings. The zero-order valence-corrected chi connectivity index (χ0v) is 21.0. The van der Waals surface area contributed by atoms with E-state index in [2.05, 4.69) is 10.6 Å². The van der Waals surface area contributed by atoms with E-state index in [1.165, 1.54) is 7.11 Å². The van der Waals surface area contributed by atoms with Gasteiger partial charge in [-0.3, -0.25) is 0 Å². The fourth-order valence-electron chi connectivity index (χ4n) is 3.54. The third kappa shape index (κ3) is 5.47. The lowest BCUT2D eigenvalue weighted by molar-refractivity contribution is -0.136. The fourth-order valence-corrected chi connectivity index (χ4v) is 4.35. The molecule has 2 N–H and O–H groups in total. The van der Waals surface area contributed by atoms with E-state index in [4.69, 9.17) is 56.5 Å². The zero-order chi connectivity index (χ0) is 24.2. The van der Waals surface area contributed by atoms with Crippen LogP contribution in [0.5, 0.6) is 5.75 Å². The lowest BCUT2D eigenvalue weighted by Gasteiger charge is -2.31. The van der Waals surface area contributed by atoms with E-state index in [-0.39, 0.29) is 0 Å². The molecule has 0 aromatic heterocycles. The van der Waals surface area contributed by atoms with Crippen molar-refractivity contribution < 1.29 is 14.3 Å². The van der Waals surface area contributed by atoms with Crippen molar-refractivity contribution in [2.24, 2.45) is 0 Å². The molecule has 0 unspecified atom stereocenters. The number of hydrogen-bond donors (Lipinski definition) is 2. The number of thiocarbonyl (C=S) groups is 1. The van der Waals surface area contributed by atoms with Crippen LogP contribution in [0.3, 0.4) is 0 Å². The highest BCUT2D eigenvalue weighted by Gasteiger charge is 2.32. The average molecular weight is 534 g/mol. The molecular weight excluding hydrogens is 515 g/mol. The minimum absolute atomic E-state index is 0.291. The van der Waals surface area contributed by atoms with E-state index >= 15 is 0 Å². The summed E-state index contributed by atoms with van der Waals surface area (Å²) in [6.45, 7) is 0.291. The number of methoxy groups -OCH3 is 1. The molecule has 0 saturated heterocycles. The normalized spacial score (nSPS) is 15.4. The van der Waals surface area contributed by atoms with Crippen LogP contribution in [0.25, 0.3) is 5.70 Å². The number of nitrogens with one attached hydrogen (secondary N) is 2. The summed E-state index contributed by atoms with van der Waals surface area (Å²) in [4.78, 5) is 12.8. The maximum Gasteiger partial charge on any atom is 0.338 e. The molecule has 174 valence electrons. The van der Waals surface area contributed by atoms with Gasteiger partial charge in [0.25, 0.3) is 0 Å². The molecule has 1 aliphatic heterocycles. The molecule has 4 rings (SSSR count). The third-order valence-corrected chi connectivity index (χ3v) is 6.29. The maximum absolute atomic E-state index is 12.8. The molecule has 1 atom stereocenters. The number of halogens is 3. The number of esters is 1. The van der Waals surface area contributed by atoms with Gasteiger partial charge in [-0.2, -0.15) is 0 Å². The number of benzene rings is 3. The van der Waals surface area contributed by atoms with Gasteiger partial charge in [0.2, 0.25) is 0 Å². The molecule has 3 aromatic carbocycles. The molecule has 34 heavy (non-hydrogen) atoms. The topological polar surface area (TPSA) is 59.6 Å². The van der Waals surface area contributed by atoms with Gasteiger partial charge < -0.3 is 20.1 Å². The second-order valence-electron chi connectivity index (χ2n) is 7.41. The first-order chi connectivity index (χ1) is 16.4. The van der Waals surface area contributed by atoms with E-state index in [1.807, 2.05) is 42.5 Å².